The summed E-state index contributed by atoms with van der Waals surface area (Å²) in [5.74, 6) is -5.05. The molecule has 0 spiro atoms. The lowest BCUT2D eigenvalue weighted by Crippen LogP contribution is -2.59. The molecule has 0 aliphatic heterocycles. The van der Waals surface area contributed by atoms with E-state index in [2.05, 4.69) is 16.0 Å². The third kappa shape index (κ3) is 12.0. The zero-order chi connectivity index (χ0) is 44.6. The fourth-order valence-corrected chi connectivity index (χ4v) is 14.7. The highest BCUT2D eigenvalue weighted by atomic mass is 127. The average molecular weight is 1490 g/mol. The number of halogens is 6. The third-order valence-corrected chi connectivity index (χ3v) is 14.8. The highest BCUT2D eigenvalue weighted by molar-refractivity contribution is 14.1. The number of anilines is 1. The lowest BCUT2D eigenvalue weighted by Gasteiger charge is -2.34. The maximum Gasteiger partial charge on any atom is 0.360 e. The first-order valence-corrected chi connectivity index (χ1v) is 23.1. The van der Waals surface area contributed by atoms with Gasteiger partial charge in [0.05, 0.1) is 81.8 Å². The Morgan fingerprint density at radius 1 is 0.655 bits per heavy atom. The van der Waals surface area contributed by atoms with Gasteiger partial charge in [-0.2, -0.15) is 4.48 Å². The molecule has 25 heteroatoms. The normalized spacial score (nSPS) is 13.9. The van der Waals surface area contributed by atoms with Crippen molar-refractivity contribution in [3.8, 4) is 0 Å². The van der Waals surface area contributed by atoms with Crippen LogP contribution < -0.4 is 20.4 Å². The Morgan fingerprint density at radius 2 is 1.09 bits per heavy atom. The van der Waals surface area contributed by atoms with E-state index >= 15 is 4.79 Å². The topological polar surface area (TPSA) is 287 Å². The molecular weight excluding hydrogens is 1450 g/mol. The molecule has 0 aliphatic rings. The van der Waals surface area contributed by atoms with Gasteiger partial charge in [0.1, 0.15) is 18.7 Å². The van der Waals surface area contributed by atoms with Gasteiger partial charge in [0.2, 0.25) is 5.91 Å². The summed E-state index contributed by atoms with van der Waals surface area (Å²) in [6.07, 6.45) is -4.03. The molecule has 0 aromatic heterocycles. The molecule has 2 aromatic carbocycles. The second kappa shape index (κ2) is 23.9. The Hall–Kier alpha value is -0.320. The second-order valence-electron chi connectivity index (χ2n) is 12.6. The van der Waals surface area contributed by atoms with E-state index in [1.165, 1.54) is 28.2 Å². The smallest absolute Gasteiger partial charge is 0.360 e. The zero-order valence-corrected chi connectivity index (χ0v) is 44.0. The molecule has 10 N–H and O–H groups in total. The van der Waals surface area contributed by atoms with Crippen molar-refractivity contribution in [2.75, 3.05) is 86.1 Å². The Balaban J connectivity index is 3.30. The minimum absolute atomic E-state index is 0.00503. The summed E-state index contributed by atoms with van der Waals surface area (Å²) in [6.45, 7) is -4.54. The number of amides is 6. The summed E-state index contributed by atoms with van der Waals surface area (Å²) in [5, 5.41) is 76.0. The Bertz CT molecular complexity index is 1890. The molecule has 0 radical (unpaired) electrons. The van der Waals surface area contributed by atoms with Crippen LogP contribution in [0.5, 0.6) is 0 Å². The quantitative estimate of drug-likeness (QED) is 0.0679. The van der Waals surface area contributed by atoms with Gasteiger partial charge in [-0.3, -0.25) is 19.2 Å². The van der Waals surface area contributed by atoms with Crippen molar-refractivity contribution < 1.29 is 64.5 Å². The molecule has 0 heterocycles. The van der Waals surface area contributed by atoms with Gasteiger partial charge in [0.15, 0.2) is 5.69 Å². The van der Waals surface area contributed by atoms with Crippen LogP contribution in [-0.4, -0.2) is 180 Å². The Labute approximate surface area is 414 Å². The van der Waals surface area contributed by atoms with E-state index in [9.17, 15) is 59.7 Å². The molecule has 0 saturated carbocycles. The summed E-state index contributed by atoms with van der Waals surface area (Å²) in [5.41, 5.74) is -0.938. The molecule has 19 nitrogen and oxygen atoms in total. The number of quaternary nitrogens is 1. The molecule has 4 unspecified atom stereocenters. The van der Waals surface area contributed by atoms with Gasteiger partial charge >= 0.3 is 11.8 Å². The fourth-order valence-electron chi connectivity index (χ4n) is 5.29. The Kier molecular flexibility index (Phi) is 22.2. The number of benzene rings is 2. The van der Waals surface area contributed by atoms with E-state index in [1.54, 1.807) is 136 Å². The monoisotopic (exact) mass is 1490 g/mol. The summed E-state index contributed by atoms with van der Waals surface area (Å²) >= 11 is 10.6. The predicted octanol–water partition coefficient (Wildman–Crippen LogP) is -0.298. The van der Waals surface area contributed by atoms with Gasteiger partial charge in [0.25, 0.3) is 17.7 Å². The molecule has 0 aliphatic carbocycles. The van der Waals surface area contributed by atoms with Crippen LogP contribution in [0.4, 0.5) is 11.4 Å². The highest BCUT2D eigenvalue weighted by Gasteiger charge is 2.51. The number of hydrogen-bond acceptors (Lipinski definition) is 14. The van der Waals surface area contributed by atoms with Crippen molar-refractivity contribution in [3.63, 3.8) is 0 Å². The van der Waals surface area contributed by atoms with E-state index in [0.29, 0.717) is 0 Å². The van der Waals surface area contributed by atoms with E-state index in [1.807, 2.05) is 0 Å². The number of nitrogens with zero attached hydrogens (tertiary/aromatic N) is 3. The van der Waals surface area contributed by atoms with E-state index in [4.69, 9.17) is 0 Å². The molecule has 0 saturated heterocycles. The summed E-state index contributed by atoms with van der Waals surface area (Å²) in [4.78, 5) is 87.3. The van der Waals surface area contributed by atoms with Crippen molar-refractivity contribution >= 4 is 182 Å². The first-order chi connectivity index (χ1) is 27.0. The van der Waals surface area contributed by atoms with E-state index in [0.717, 1.165) is 9.80 Å². The van der Waals surface area contributed by atoms with E-state index in [-0.39, 0.29) is 68.1 Å². The molecule has 2 rings (SSSR count). The van der Waals surface area contributed by atoms with Gasteiger partial charge in [-0.15, -0.1) is 0 Å². The molecule has 2 aromatic rings. The van der Waals surface area contributed by atoms with Crippen LogP contribution >= 0.6 is 136 Å². The number of carbonyl (C=O) groups is 6. The number of imide groups is 1. The lowest BCUT2D eigenvalue weighted by atomic mass is 10.0. The first-order valence-electron chi connectivity index (χ1n) is 16.6. The van der Waals surface area contributed by atoms with Crippen LogP contribution in [0, 0.1) is 21.4 Å². The molecule has 0 bridgehead atoms. The molecule has 322 valence electrons. The molecular formula is C33H41I6N6O13+. The van der Waals surface area contributed by atoms with Crippen LogP contribution in [0.15, 0.2) is 0 Å². The van der Waals surface area contributed by atoms with Crippen molar-refractivity contribution in [1.29, 1.82) is 0 Å². The highest BCUT2D eigenvalue weighted by Crippen LogP contribution is 2.44. The molecule has 58 heavy (non-hydrogen) atoms. The van der Waals surface area contributed by atoms with Crippen molar-refractivity contribution in [2.24, 2.45) is 0 Å². The van der Waals surface area contributed by atoms with Gasteiger partial charge in [-0.25, -0.2) is 9.59 Å². The average Bonchev–Trinajstić information content (AvgIpc) is 3.17. The molecule has 0 fully saturated rings. The number of rotatable bonds is 18. The zero-order valence-electron chi connectivity index (χ0n) is 31.1. The molecule has 6 amide bonds. The largest absolute Gasteiger partial charge is 0.394 e. The number of aliphatic hydroxyl groups excluding tert-OH is 7. The number of nitrogens with one attached hydrogen (secondary N) is 3. The van der Waals surface area contributed by atoms with Crippen LogP contribution in [0.25, 0.3) is 0 Å². The van der Waals surface area contributed by atoms with Crippen molar-refractivity contribution in [1.82, 2.24) is 24.9 Å². The van der Waals surface area contributed by atoms with Crippen LogP contribution in [0.3, 0.4) is 0 Å². The third-order valence-electron chi connectivity index (χ3n) is 8.36. The number of carbonyl (C=O) groups excluding carboxylic acids is 6. The minimum Gasteiger partial charge on any atom is -0.394 e. The van der Waals surface area contributed by atoms with Crippen molar-refractivity contribution in [3.05, 3.63) is 43.7 Å². The summed E-state index contributed by atoms with van der Waals surface area (Å²) in [7, 11) is 5.37. The molecule has 4 atom stereocenters. The maximum atomic E-state index is 15.5. The summed E-state index contributed by atoms with van der Waals surface area (Å²) in [6, 6.07) is 0. The maximum absolute atomic E-state index is 15.5. The standard InChI is InChI=1S/C33H40I6N6O13/c1-40-6-17(54)45(4,33(58)21-22(34)18(30(55)41-5-13(50)9-46)24(36)28(25(21)37)42-16(53)12-49)29-26(38)19(31(56)43(2)7-14(51)10-47)23(35)20(27(29)39)32(57)44(3)8-15(52)11-48/h13-15,40,46-52H,5-12H2,1-4H3,(H-,41,42,53,55)/p+1. The van der Waals surface area contributed by atoms with Crippen LogP contribution in [0.1, 0.15) is 41.4 Å². The van der Waals surface area contributed by atoms with Gasteiger partial charge in [-0.1, -0.05) is 0 Å². The predicted molar refractivity (Wildman–Crippen MR) is 261 cm³/mol. The SMILES string of the molecule is CNCC(=O)[N+](C)(C(=O)c1c(I)c(NC(=O)CO)c(I)c(C(=O)NCC(O)CO)c1I)c1c(I)c(C(=O)N(C)CC(O)CO)c(I)c(C(=O)N(C)CC(O)CO)c1I. The van der Waals surface area contributed by atoms with E-state index < -0.39 is 97.8 Å². The number of likely N-dealkylation sites (N-methyl/N-ethyl adjacent to an activating group) is 4. The Morgan fingerprint density at radius 3 is 1.50 bits per heavy atom. The fraction of sp³-hybridized carbons (Fsp3) is 0.455. The van der Waals surface area contributed by atoms with Crippen molar-refractivity contribution in [2.45, 2.75) is 18.3 Å². The lowest BCUT2D eigenvalue weighted by molar-refractivity contribution is -0.126. The second-order valence-corrected chi connectivity index (χ2v) is 19.1. The minimum atomic E-state index is -1.34. The number of hydrogen-bond donors (Lipinski definition) is 10. The summed E-state index contributed by atoms with van der Waals surface area (Å²) < 4.78 is -0.964. The first kappa shape index (κ1) is 53.8. The van der Waals surface area contributed by atoms with Crippen LogP contribution in [0.2, 0.25) is 0 Å². The van der Waals surface area contributed by atoms with Gasteiger partial charge in [-0.05, 0) is 143 Å². The van der Waals surface area contributed by atoms with Gasteiger partial charge < -0.3 is 61.5 Å². The van der Waals surface area contributed by atoms with Gasteiger partial charge in [0, 0.05) is 40.9 Å². The van der Waals surface area contributed by atoms with Crippen LogP contribution in [-0.2, 0) is 9.59 Å². The number of aliphatic hydroxyl groups is 7.